The number of H-pyrrole nitrogens is 1. The van der Waals surface area contributed by atoms with E-state index in [1.807, 2.05) is 36.5 Å². The Morgan fingerprint density at radius 3 is 1.87 bits per heavy atom. The highest BCUT2D eigenvalue weighted by Crippen LogP contribution is 2.31. The van der Waals surface area contributed by atoms with Gasteiger partial charge < -0.3 is 0 Å². The molecule has 2 aliphatic rings. The fourth-order valence-electron chi connectivity index (χ4n) is 5.01. The van der Waals surface area contributed by atoms with Gasteiger partial charge in [-0.15, -0.1) is 0 Å². The standard InChI is InChI=1S/C16H17N5O3S.C14H13N5O/c1-2-25(23,24)20-10-12(9-17-20)13-4-3-5-16-18-15(19-21(13)16)8-14(22)11-6-7-11;20-12(9-4-5-9)6-13-17-14-3-1-2-11(19(14)18-13)10-7-15-16-8-10/h3-5,9-11H,2,6-8H2,1H3;1-3,7-9H,4-6H2,(H,15,16). The Morgan fingerprint density at radius 1 is 0.822 bits per heavy atom. The molecule has 1 N–H and O–H groups in total. The van der Waals surface area contributed by atoms with Gasteiger partial charge in [-0.05, 0) is 56.9 Å². The molecule has 6 aromatic heterocycles. The molecule has 2 saturated carbocycles. The van der Waals surface area contributed by atoms with Crippen molar-refractivity contribution in [1.29, 1.82) is 0 Å². The van der Waals surface area contributed by atoms with Crippen molar-refractivity contribution in [3.63, 3.8) is 0 Å². The molecule has 6 heterocycles. The number of hydrogen-bond donors (Lipinski definition) is 1. The minimum Gasteiger partial charge on any atom is -0.299 e. The first kappa shape index (κ1) is 28.7. The van der Waals surface area contributed by atoms with Crippen LogP contribution >= 0.6 is 0 Å². The van der Waals surface area contributed by atoms with E-state index in [0.29, 0.717) is 35.0 Å². The molecule has 8 rings (SSSR count). The average Bonchev–Trinajstić information content (AvgIpc) is 3.83. The minimum atomic E-state index is -3.44. The van der Waals surface area contributed by atoms with E-state index in [0.717, 1.165) is 46.7 Å². The summed E-state index contributed by atoms with van der Waals surface area (Å²) < 4.78 is 28.2. The van der Waals surface area contributed by atoms with Gasteiger partial charge in [0.15, 0.2) is 22.9 Å². The molecular formula is C30H30N10O4S. The molecule has 14 nitrogen and oxygen atoms in total. The highest BCUT2D eigenvalue weighted by atomic mass is 32.2. The fraction of sp³-hybridized carbons (Fsp3) is 0.333. The molecule has 230 valence electrons. The zero-order valence-corrected chi connectivity index (χ0v) is 25.3. The number of Topliss-reactive ketones (excluding diaryl/α,β-unsaturated/α-hetero) is 2. The maximum absolute atomic E-state index is 12.0. The van der Waals surface area contributed by atoms with Crippen LogP contribution in [0.4, 0.5) is 0 Å². The van der Waals surface area contributed by atoms with Gasteiger partial charge >= 0.3 is 0 Å². The van der Waals surface area contributed by atoms with Crippen molar-refractivity contribution in [2.24, 2.45) is 11.8 Å². The summed E-state index contributed by atoms with van der Waals surface area (Å²) in [5.74, 6) is 1.90. The summed E-state index contributed by atoms with van der Waals surface area (Å²) in [7, 11) is -3.44. The first-order valence-corrected chi connectivity index (χ1v) is 16.4. The number of fused-ring (bicyclic) bond motifs is 2. The molecule has 0 spiro atoms. The van der Waals surface area contributed by atoms with Crippen LogP contribution in [0.1, 0.15) is 44.3 Å². The van der Waals surface area contributed by atoms with Crippen molar-refractivity contribution in [3.8, 4) is 22.5 Å². The summed E-state index contributed by atoms with van der Waals surface area (Å²) in [5, 5.41) is 19.6. The van der Waals surface area contributed by atoms with E-state index in [-0.39, 0.29) is 35.6 Å². The van der Waals surface area contributed by atoms with Crippen LogP contribution < -0.4 is 0 Å². The van der Waals surface area contributed by atoms with Crippen molar-refractivity contribution in [1.82, 2.24) is 48.6 Å². The lowest BCUT2D eigenvalue weighted by Crippen LogP contribution is -2.14. The number of nitrogens with zero attached hydrogens (tertiary/aromatic N) is 9. The SMILES string of the molecule is CCS(=O)(=O)n1cc(-c2cccc3nc(CC(=O)C4CC4)nn23)cn1.O=C(Cc1nc2cccc(-c3cn[nH]c3)n2n1)C1CC1. The third kappa shape index (κ3) is 6.02. The van der Waals surface area contributed by atoms with E-state index in [1.165, 1.54) is 12.4 Å². The molecule has 0 saturated heterocycles. The van der Waals surface area contributed by atoms with Gasteiger partial charge in [-0.2, -0.15) is 24.5 Å². The first-order valence-electron chi connectivity index (χ1n) is 14.8. The fourth-order valence-corrected chi connectivity index (χ4v) is 5.74. The minimum absolute atomic E-state index is 0.0327. The monoisotopic (exact) mass is 626 g/mol. The average molecular weight is 627 g/mol. The summed E-state index contributed by atoms with van der Waals surface area (Å²) in [6.07, 6.45) is 11.0. The number of carbonyl (C=O) groups is 2. The van der Waals surface area contributed by atoms with Crippen molar-refractivity contribution >= 4 is 32.9 Å². The number of pyridine rings is 2. The number of hydrogen-bond acceptors (Lipinski definition) is 10. The van der Waals surface area contributed by atoms with Gasteiger partial charge in [0.1, 0.15) is 11.6 Å². The second-order valence-electron chi connectivity index (χ2n) is 11.2. The van der Waals surface area contributed by atoms with Gasteiger partial charge in [-0.1, -0.05) is 12.1 Å². The Kier molecular flexibility index (Phi) is 7.31. The van der Waals surface area contributed by atoms with Gasteiger partial charge in [0.2, 0.25) is 0 Å². The van der Waals surface area contributed by atoms with Crippen LogP contribution in [0.3, 0.4) is 0 Å². The maximum Gasteiger partial charge on any atom is 0.253 e. The molecule has 2 fully saturated rings. The van der Waals surface area contributed by atoms with E-state index in [2.05, 4.69) is 35.5 Å². The van der Waals surface area contributed by atoms with Gasteiger partial charge in [-0.25, -0.2) is 27.4 Å². The third-order valence-electron chi connectivity index (χ3n) is 7.84. The van der Waals surface area contributed by atoms with E-state index >= 15 is 0 Å². The van der Waals surface area contributed by atoms with Crippen molar-refractivity contribution in [2.45, 2.75) is 45.4 Å². The van der Waals surface area contributed by atoms with Crippen LogP contribution in [-0.4, -0.2) is 74.3 Å². The maximum atomic E-state index is 12.0. The molecule has 6 aromatic rings. The van der Waals surface area contributed by atoms with Crippen LogP contribution in [0.15, 0.2) is 61.2 Å². The molecule has 45 heavy (non-hydrogen) atoms. The zero-order valence-electron chi connectivity index (χ0n) is 24.4. The normalized spacial score (nSPS) is 14.9. The molecular weight excluding hydrogens is 596 g/mol. The lowest BCUT2D eigenvalue weighted by molar-refractivity contribution is -0.120. The Bertz CT molecular complexity index is 2140. The number of carbonyl (C=O) groups excluding carboxylic acids is 2. The Hall–Kier alpha value is -5.05. The van der Waals surface area contributed by atoms with Gasteiger partial charge in [-0.3, -0.25) is 14.7 Å². The molecule has 15 heteroatoms. The molecule has 0 aromatic carbocycles. The van der Waals surface area contributed by atoms with Crippen molar-refractivity contribution in [3.05, 3.63) is 72.8 Å². The summed E-state index contributed by atoms with van der Waals surface area (Å²) in [6.45, 7) is 1.57. The topological polar surface area (TPSA) is 175 Å². The van der Waals surface area contributed by atoms with E-state index in [1.54, 1.807) is 28.2 Å². The lowest BCUT2D eigenvalue weighted by Gasteiger charge is -2.01. The van der Waals surface area contributed by atoms with Gasteiger partial charge in [0.05, 0.1) is 48.6 Å². The van der Waals surface area contributed by atoms with E-state index < -0.39 is 10.0 Å². The lowest BCUT2D eigenvalue weighted by atomic mass is 10.2. The number of nitrogens with one attached hydrogen (secondary N) is 1. The molecule has 0 atom stereocenters. The van der Waals surface area contributed by atoms with E-state index in [9.17, 15) is 18.0 Å². The molecule has 0 aliphatic heterocycles. The van der Waals surface area contributed by atoms with Crippen LogP contribution in [0, 0.1) is 11.8 Å². The largest absolute Gasteiger partial charge is 0.299 e. The predicted molar refractivity (Wildman–Crippen MR) is 163 cm³/mol. The van der Waals surface area contributed by atoms with Crippen LogP contribution in [0.25, 0.3) is 33.8 Å². The second kappa shape index (κ2) is 11.5. The highest BCUT2D eigenvalue weighted by molar-refractivity contribution is 7.89. The molecule has 0 amide bonds. The smallest absolute Gasteiger partial charge is 0.253 e. The van der Waals surface area contributed by atoms with E-state index in [4.69, 9.17) is 0 Å². The zero-order chi connectivity index (χ0) is 31.1. The van der Waals surface area contributed by atoms with Crippen molar-refractivity contribution < 1.29 is 18.0 Å². The summed E-state index contributed by atoms with van der Waals surface area (Å²) in [6, 6.07) is 11.2. The summed E-state index contributed by atoms with van der Waals surface area (Å²) >= 11 is 0. The number of ketones is 2. The Balaban J connectivity index is 0.000000148. The molecule has 0 bridgehead atoms. The van der Waals surface area contributed by atoms with Crippen LogP contribution in [-0.2, 0) is 32.5 Å². The number of aromatic amines is 1. The molecule has 2 aliphatic carbocycles. The van der Waals surface area contributed by atoms with Crippen LogP contribution in [0.2, 0.25) is 0 Å². The Labute approximate surface area is 257 Å². The molecule has 0 unspecified atom stereocenters. The molecule has 0 radical (unpaired) electrons. The van der Waals surface area contributed by atoms with Crippen molar-refractivity contribution in [2.75, 3.05) is 5.75 Å². The third-order valence-corrected chi connectivity index (χ3v) is 9.34. The number of aromatic nitrogens is 10. The quantitative estimate of drug-likeness (QED) is 0.238. The summed E-state index contributed by atoms with van der Waals surface area (Å²) in [4.78, 5) is 32.7. The number of rotatable bonds is 10. The highest BCUT2D eigenvalue weighted by Gasteiger charge is 2.31. The Morgan fingerprint density at radius 2 is 1.38 bits per heavy atom. The van der Waals surface area contributed by atoms with Crippen LogP contribution in [0.5, 0.6) is 0 Å². The van der Waals surface area contributed by atoms with Gasteiger partial charge in [0.25, 0.3) is 10.0 Å². The first-order chi connectivity index (χ1) is 21.8. The summed E-state index contributed by atoms with van der Waals surface area (Å²) in [5.41, 5.74) is 4.51. The predicted octanol–water partition coefficient (Wildman–Crippen LogP) is 2.95. The second-order valence-corrected chi connectivity index (χ2v) is 13.4. The van der Waals surface area contributed by atoms with Gasteiger partial charge in [0, 0.05) is 29.2 Å².